The number of hydrogen-bond donors (Lipinski definition) is 1. The second-order valence-corrected chi connectivity index (χ2v) is 4.94. The lowest BCUT2D eigenvalue weighted by molar-refractivity contribution is -0.905. The Hall–Kier alpha value is -1.22. The summed E-state index contributed by atoms with van der Waals surface area (Å²) in [6.45, 7) is 4.74. The fraction of sp³-hybridized carbons (Fsp3) is 0.600. The second kappa shape index (κ2) is 7.27. The summed E-state index contributed by atoms with van der Waals surface area (Å²) in [5.41, 5.74) is 0. The van der Waals surface area contributed by atoms with Crippen LogP contribution in [0.5, 0.6) is 11.5 Å². The second-order valence-electron chi connectivity index (χ2n) is 4.94. The summed E-state index contributed by atoms with van der Waals surface area (Å²) in [4.78, 5) is 1.75. The third-order valence-electron chi connectivity index (χ3n) is 3.55. The van der Waals surface area contributed by atoms with Crippen LogP contribution in [0.4, 0.5) is 0 Å². The number of quaternary nitrogens is 1. The van der Waals surface area contributed by atoms with Gasteiger partial charge in [-0.2, -0.15) is 0 Å². The Kier molecular flexibility index (Phi) is 5.34. The zero-order valence-corrected chi connectivity index (χ0v) is 11.3. The molecule has 18 heavy (non-hydrogen) atoms. The number of piperidine rings is 1. The van der Waals surface area contributed by atoms with Gasteiger partial charge in [0, 0.05) is 12.5 Å². The zero-order chi connectivity index (χ0) is 12.6. The Morgan fingerprint density at radius 3 is 2.67 bits per heavy atom. The molecule has 0 radical (unpaired) electrons. The Morgan fingerprint density at radius 1 is 1.11 bits per heavy atom. The number of hydrogen-bond acceptors (Lipinski definition) is 2. The molecule has 0 spiro atoms. The minimum Gasteiger partial charge on any atom is -0.497 e. The summed E-state index contributed by atoms with van der Waals surface area (Å²) in [6, 6.07) is 7.82. The zero-order valence-electron chi connectivity index (χ0n) is 11.3. The van der Waals surface area contributed by atoms with Gasteiger partial charge in [-0.15, -0.1) is 0 Å². The summed E-state index contributed by atoms with van der Waals surface area (Å²) in [7, 11) is 1.68. The van der Waals surface area contributed by atoms with Crippen LogP contribution in [0.2, 0.25) is 0 Å². The molecule has 1 aromatic carbocycles. The van der Waals surface area contributed by atoms with Crippen molar-refractivity contribution < 1.29 is 14.4 Å². The van der Waals surface area contributed by atoms with E-state index in [1.807, 2.05) is 24.3 Å². The van der Waals surface area contributed by atoms with Crippen LogP contribution in [-0.2, 0) is 0 Å². The molecule has 0 aromatic heterocycles. The lowest BCUT2D eigenvalue weighted by Crippen LogP contribution is -3.12. The molecule has 1 heterocycles. The molecule has 3 nitrogen and oxygen atoms in total. The molecule has 3 heteroatoms. The molecule has 2 rings (SSSR count). The Bertz CT molecular complexity index is 348. The van der Waals surface area contributed by atoms with Crippen molar-refractivity contribution in [3.8, 4) is 11.5 Å². The van der Waals surface area contributed by atoms with Crippen LogP contribution in [0.3, 0.4) is 0 Å². The fourth-order valence-electron chi connectivity index (χ4n) is 2.50. The Balaban J connectivity index is 1.65. The highest BCUT2D eigenvalue weighted by atomic mass is 16.5. The highest BCUT2D eigenvalue weighted by Crippen LogP contribution is 2.18. The number of rotatable bonds is 6. The van der Waals surface area contributed by atoms with Gasteiger partial charge in [0.1, 0.15) is 11.5 Å². The quantitative estimate of drug-likeness (QED) is 0.774. The van der Waals surface area contributed by atoms with E-state index in [4.69, 9.17) is 9.47 Å². The van der Waals surface area contributed by atoms with Crippen LogP contribution in [-0.4, -0.2) is 33.4 Å². The standard InChI is InChI=1S/C15H23NO2/c1-17-14-7-5-8-15(13-14)18-12-6-11-16-9-3-2-4-10-16/h5,7-8,13H,2-4,6,9-12H2,1H3/p+1. The Morgan fingerprint density at radius 2 is 1.89 bits per heavy atom. The third-order valence-corrected chi connectivity index (χ3v) is 3.55. The van der Waals surface area contributed by atoms with E-state index in [0.29, 0.717) is 0 Å². The van der Waals surface area contributed by atoms with Gasteiger partial charge in [-0.25, -0.2) is 0 Å². The van der Waals surface area contributed by atoms with E-state index in [1.54, 1.807) is 12.0 Å². The highest BCUT2D eigenvalue weighted by Gasteiger charge is 2.12. The van der Waals surface area contributed by atoms with Gasteiger partial charge in [0.25, 0.3) is 0 Å². The van der Waals surface area contributed by atoms with Gasteiger partial charge in [-0.3, -0.25) is 0 Å². The van der Waals surface area contributed by atoms with Gasteiger partial charge in [-0.05, 0) is 31.4 Å². The molecule has 0 saturated carbocycles. The van der Waals surface area contributed by atoms with E-state index in [0.717, 1.165) is 24.5 Å². The number of methoxy groups -OCH3 is 1. The Labute approximate surface area is 110 Å². The van der Waals surface area contributed by atoms with Crippen LogP contribution in [0.1, 0.15) is 25.7 Å². The minimum atomic E-state index is 0.802. The van der Waals surface area contributed by atoms with Gasteiger partial charge in [0.15, 0.2) is 0 Å². The maximum Gasteiger partial charge on any atom is 0.122 e. The monoisotopic (exact) mass is 250 g/mol. The van der Waals surface area contributed by atoms with E-state index < -0.39 is 0 Å². The van der Waals surface area contributed by atoms with E-state index in [-0.39, 0.29) is 0 Å². The van der Waals surface area contributed by atoms with Crippen LogP contribution in [0, 0.1) is 0 Å². The van der Waals surface area contributed by atoms with Crippen LogP contribution < -0.4 is 14.4 Å². The van der Waals surface area contributed by atoms with Crippen LogP contribution >= 0.6 is 0 Å². The molecule has 0 unspecified atom stereocenters. The van der Waals surface area contributed by atoms with Crippen LogP contribution in [0.25, 0.3) is 0 Å². The SMILES string of the molecule is COc1cccc(OCCC[NH+]2CCCCC2)c1. The van der Waals surface area contributed by atoms with Gasteiger partial charge in [0.2, 0.25) is 0 Å². The van der Waals surface area contributed by atoms with Gasteiger partial charge in [-0.1, -0.05) is 6.07 Å². The molecule has 0 atom stereocenters. The number of ether oxygens (including phenoxy) is 2. The van der Waals surface area contributed by atoms with Crippen molar-refractivity contribution in [1.82, 2.24) is 0 Å². The molecule has 0 bridgehead atoms. The van der Waals surface area contributed by atoms with Crippen molar-refractivity contribution in [2.45, 2.75) is 25.7 Å². The largest absolute Gasteiger partial charge is 0.497 e. The van der Waals surface area contributed by atoms with Crippen LogP contribution in [0.15, 0.2) is 24.3 Å². The molecule has 1 aliphatic rings. The summed E-state index contributed by atoms with van der Waals surface area (Å²) < 4.78 is 10.9. The molecule has 1 N–H and O–H groups in total. The molecular weight excluding hydrogens is 226 g/mol. The molecule has 1 saturated heterocycles. The van der Waals surface area contributed by atoms with Crippen molar-refractivity contribution in [2.75, 3.05) is 33.4 Å². The molecule has 0 amide bonds. The first-order valence-electron chi connectivity index (χ1n) is 6.99. The van der Waals surface area contributed by atoms with Gasteiger partial charge < -0.3 is 14.4 Å². The molecular formula is C15H24NO2+. The summed E-state index contributed by atoms with van der Waals surface area (Å²) >= 11 is 0. The smallest absolute Gasteiger partial charge is 0.122 e. The first-order chi connectivity index (χ1) is 8.88. The normalized spacial score (nSPS) is 16.5. The summed E-state index contributed by atoms with van der Waals surface area (Å²) in [5.74, 6) is 1.76. The first-order valence-corrected chi connectivity index (χ1v) is 6.99. The average molecular weight is 250 g/mol. The molecule has 1 aromatic rings. The summed E-state index contributed by atoms with van der Waals surface area (Å²) in [6.07, 6.45) is 5.34. The maximum absolute atomic E-state index is 5.75. The number of benzene rings is 1. The molecule has 1 aliphatic heterocycles. The predicted molar refractivity (Wildman–Crippen MR) is 72.5 cm³/mol. The van der Waals surface area contributed by atoms with Crippen molar-refractivity contribution >= 4 is 0 Å². The number of likely N-dealkylation sites (tertiary alicyclic amines) is 1. The topological polar surface area (TPSA) is 22.9 Å². The fourth-order valence-corrected chi connectivity index (χ4v) is 2.50. The first kappa shape index (κ1) is 13.2. The van der Waals surface area contributed by atoms with Gasteiger partial charge in [0.05, 0.1) is 33.4 Å². The molecule has 1 fully saturated rings. The van der Waals surface area contributed by atoms with Crippen molar-refractivity contribution in [3.05, 3.63) is 24.3 Å². The van der Waals surface area contributed by atoms with E-state index >= 15 is 0 Å². The highest BCUT2D eigenvalue weighted by molar-refractivity contribution is 5.32. The summed E-state index contributed by atoms with van der Waals surface area (Å²) in [5, 5.41) is 0. The van der Waals surface area contributed by atoms with Gasteiger partial charge >= 0.3 is 0 Å². The molecule has 100 valence electrons. The maximum atomic E-state index is 5.75. The van der Waals surface area contributed by atoms with Crippen molar-refractivity contribution in [3.63, 3.8) is 0 Å². The third kappa shape index (κ3) is 4.22. The lowest BCUT2D eigenvalue weighted by atomic mass is 10.1. The van der Waals surface area contributed by atoms with E-state index in [9.17, 15) is 0 Å². The van der Waals surface area contributed by atoms with Crippen molar-refractivity contribution in [1.29, 1.82) is 0 Å². The van der Waals surface area contributed by atoms with E-state index in [2.05, 4.69) is 0 Å². The molecule has 0 aliphatic carbocycles. The lowest BCUT2D eigenvalue weighted by Gasteiger charge is -2.23. The number of nitrogens with one attached hydrogen (secondary N) is 1. The van der Waals surface area contributed by atoms with E-state index in [1.165, 1.54) is 38.9 Å². The predicted octanol–water partition coefficient (Wildman–Crippen LogP) is 1.53. The minimum absolute atomic E-state index is 0.802. The van der Waals surface area contributed by atoms with Crippen molar-refractivity contribution in [2.24, 2.45) is 0 Å². The average Bonchev–Trinajstić information content (AvgIpc) is 2.45.